The standard InChI is InChI=1S/C15H19NO.C15H21N.C13H20O/c1-11(7-8-16)5-6-14-12(2)9-13(17)10-15(14,3)4;1-12(9-11-16)7-8-14-13(2)6-5-10-15(14,3)4;1-10-6-5-9-13(3,4)12(10)8-7-11(2)14/h5-7,9,14H,10H2,1-4H3;6-9,14H,5,10H2,1-4H3;6-8,12H,5,9H2,1-4H3. The minimum atomic E-state index is -0.0423. The molecule has 0 saturated carbocycles. The molecule has 0 aromatic carbocycles. The van der Waals surface area contributed by atoms with E-state index in [1.165, 1.54) is 42.9 Å². The monoisotopic (exact) mass is 636 g/mol. The maximum absolute atomic E-state index is 11.5. The Balaban J connectivity index is 0.000000354. The van der Waals surface area contributed by atoms with Crippen LogP contribution in [0.5, 0.6) is 0 Å². The molecule has 0 amide bonds. The summed E-state index contributed by atoms with van der Waals surface area (Å²) in [5.74, 6) is 1.55. The summed E-state index contributed by atoms with van der Waals surface area (Å²) in [7, 11) is 0. The van der Waals surface area contributed by atoms with Crippen LogP contribution < -0.4 is 0 Å². The van der Waals surface area contributed by atoms with E-state index in [-0.39, 0.29) is 22.9 Å². The summed E-state index contributed by atoms with van der Waals surface area (Å²) in [5.41, 5.74) is 6.51. The number of rotatable bonds is 6. The van der Waals surface area contributed by atoms with Crippen molar-refractivity contribution in [1.82, 2.24) is 0 Å². The summed E-state index contributed by atoms with van der Waals surface area (Å²) >= 11 is 0. The summed E-state index contributed by atoms with van der Waals surface area (Å²) < 4.78 is 0. The van der Waals surface area contributed by atoms with Crippen molar-refractivity contribution < 1.29 is 9.59 Å². The fraction of sp³-hybridized carbons (Fsp3) is 0.535. The first-order valence-corrected chi connectivity index (χ1v) is 17.0. The lowest BCUT2D eigenvalue weighted by Crippen LogP contribution is -2.30. The maximum Gasteiger partial charge on any atom is 0.156 e. The number of nitriles is 2. The molecule has 3 aliphatic carbocycles. The number of hydrogen-bond donors (Lipinski definition) is 0. The Bertz CT molecular complexity index is 1450. The van der Waals surface area contributed by atoms with E-state index in [9.17, 15) is 9.59 Å². The SMILES string of the molecule is CC(=O)C=CC1C(C)=CCCC1(C)C.CC(C=CC1C(C)=CC(=O)CC1(C)C)=CC#N.CC(C=CC1C(C)=CCCC1(C)C)=CC#N. The van der Waals surface area contributed by atoms with E-state index in [0.29, 0.717) is 29.1 Å². The molecule has 254 valence electrons. The fourth-order valence-electron chi connectivity index (χ4n) is 6.98. The molecule has 0 fully saturated rings. The Hall–Kier alpha value is -3.76. The van der Waals surface area contributed by atoms with Crippen LogP contribution in [0.1, 0.15) is 115 Å². The number of nitrogens with zero attached hydrogens (tertiary/aromatic N) is 2. The molecular weight excluding hydrogens is 576 g/mol. The van der Waals surface area contributed by atoms with Crippen molar-refractivity contribution in [1.29, 1.82) is 10.5 Å². The van der Waals surface area contributed by atoms with E-state index in [1.807, 2.05) is 32.9 Å². The normalized spacial score (nSPS) is 25.4. The summed E-state index contributed by atoms with van der Waals surface area (Å²) in [6.07, 6.45) is 27.0. The van der Waals surface area contributed by atoms with Crippen LogP contribution in [0.15, 0.2) is 94.7 Å². The maximum atomic E-state index is 11.5. The Labute approximate surface area is 287 Å². The van der Waals surface area contributed by atoms with Gasteiger partial charge in [0.15, 0.2) is 11.6 Å². The van der Waals surface area contributed by atoms with Crippen LogP contribution >= 0.6 is 0 Å². The van der Waals surface area contributed by atoms with Gasteiger partial charge in [0.05, 0.1) is 12.1 Å². The molecule has 47 heavy (non-hydrogen) atoms. The highest BCUT2D eigenvalue weighted by Crippen LogP contribution is 2.43. The van der Waals surface area contributed by atoms with Crippen LogP contribution in [-0.4, -0.2) is 11.6 Å². The molecule has 3 aliphatic rings. The van der Waals surface area contributed by atoms with Gasteiger partial charge in [0.1, 0.15) is 0 Å². The Morgan fingerprint density at radius 3 is 1.40 bits per heavy atom. The fourth-order valence-corrected chi connectivity index (χ4v) is 6.98. The van der Waals surface area contributed by atoms with Gasteiger partial charge in [-0.2, -0.15) is 10.5 Å². The summed E-state index contributed by atoms with van der Waals surface area (Å²) in [4.78, 5) is 22.4. The first-order chi connectivity index (χ1) is 21.8. The van der Waals surface area contributed by atoms with Gasteiger partial charge in [0.2, 0.25) is 0 Å². The predicted molar refractivity (Wildman–Crippen MR) is 198 cm³/mol. The number of carbonyl (C=O) groups is 2. The first kappa shape index (κ1) is 41.3. The van der Waals surface area contributed by atoms with Crippen LogP contribution in [0.3, 0.4) is 0 Å². The second kappa shape index (κ2) is 18.5. The average molecular weight is 637 g/mol. The smallest absolute Gasteiger partial charge is 0.156 e. The lowest BCUT2D eigenvalue weighted by molar-refractivity contribution is -0.117. The van der Waals surface area contributed by atoms with E-state index in [2.05, 4.69) is 97.9 Å². The van der Waals surface area contributed by atoms with Gasteiger partial charge in [-0.05, 0) is 107 Å². The second-order valence-electron chi connectivity index (χ2n) is 15.6. The third kappa shape index (κ3) is 13.9. The molecule has 3 rings (SSSR count). The molecule has 4 nitrogen and oxygen atoms in total. The molecule has 0 aromatic rings. The summed E-state index contributed by atoms with van der Waals surface area (Å²) in [5, 5.41) is 17.1. The third-order valence-electron chi connectivity index (χ3n) is 9.74. The third-order valence-corrected chi connectivity index (χ3v) is 9.74. The summed E-state index contributed by atoms with van der Waals surface area (Å²) in [6.45, 7) is 25.3. The van der Waals surface area contributed by atoms with Crippen LogP contribution in [-0.2, 0) is 9.59 Å². The van der Waals surface area contributed by atoms with Gasteiger partial charge in [-0.25, -0.2) is 0 Å². The second-order valence-corrected chi connectivity index (χ2v) is 15.6. The molecule has 3 atom stereocenters. The Kier molecular flexibility index (Phi) is 16.3. The molecule has 0 aliphatic heterocycles. The van der Waals surface area contributed by atoms with E-state index in [1.54, 1.807) is 25.2 Å². The number of allylic oxidation sites excluding steroid dienone is 16. The zero-order chi connectivity index (χ0) is 36.0. The zero-order valence-corrected chi connectivity index (χ0v) is 31.3. The number of ketones is 2. The van der Waals surface area contributed by atoms with Gasteiger partial charge in [0, 0.05) is 36.3 Å². The lowest BCUT2D eigenvalue weighted by atomic mass is 9.68. The Morgan fingerprint density at radius 1 is 0.681 bits per heavy atom. The van der Waals surface area contributed by atoms with Crippen LogP contribution in [0, 0.1) is 56.7 Å². The molecule has 0 saturated heterocycles. The van der Waals surface area contributed by atoms with Crippen molar-refractivity contribution in [3.05, 3.63) is 94.7 Å². The van der Waals surface area contributed by atoms with E-state index in [4.69, 9.17) is 10.5 Å². The summed E-state index contributed by atoms with van der Waals surface area (Å²) in [6, 6.07) is 4.07. The average Bonchev–Trinajstić information content (AvgIpc) is 2.91. The topological polar surface area (TPSA) is 81.7 Å². The highest BCUT2D eigenvalue weighted by molar-refractivity contribution is 5.92. The van der Waals surface area contributed by atoms with Crippen molar-refractivity contribution in [2.24, 2.45) is 34.0 Å². The lowest BCUT2D eigenvalue weighted by Gasteiger charge is -2.36. The van der Waals surface area contributed by atoms with Gasteiger partial charge in [0.25, 0.3) is 0 Å². The van der Waals surface area contributed by atoms with E-state index in [0.717, 1.165) is 16.7 Å². The minimum absolute atomic E-state index is 0.0423. The van der Waals surface area contributed by atoms with Gasteiger partial charge in [-0.1, -0.05) is 101 Å². The molecule has 0 N–H and O–H groups in total. The highest BCUT2D eigenvalue weighted by atomic mass is 16.1. The van der Waals surface area contributed by atoms with Gasteiger partial charge < -0.3 is 0 Å². The molecule has 0 aromatic heterocycles. The zero-order valence-electron chi connectivity index (χ0n) is 31.3. The number of hydrogen-bond acceptors (Lipinski definition) is 4. The highest BCUT2D eigenvalue weighted by Gasteiger charge is 2.34. The van der Waals surface area contributed by atoms with Crippen molar-refractivity contribution in [2.75, 3.05) is 0 Å². The van der Waals surface area contributed by atoms with Crippen LogP contribution in [0.25, 0.3) is 0 Å². The van der Waals surface area contributed by atoms with Crippen LogP contribution in [0.2, 0.25) is 0 Å². The van der Waals surface area contributed by atoms with Crippen molar-refractivity contribution >= 4 is 11.6 Å². The first-order valence-electron chi connectivity index (χ1n) is 17.0. The molecule has 4 heteroatoms. The molecule has 0 heterocycles. The predicted octanol–water partition coefficient (Wildman–Crippen LogP) is 11.5. The quantitative estimate of drug-likeness (QED) is 0.126. The molecule has 3 unspecified atom stereocenters. The van der Waals surface area contributed by atoms with E-state index >= 15 is 0 Å². The van der Waals surface area contributed by atoms with Gasteiger partial charge >= 0.3 is 0 Å². The van der Waals surface area contributed by atoms with Gasteiger partial charge in [-0.3, -0.25) is 9.59 Å². The van der Waals surface area contributed by atoms with Crippen molar-refractivity contribution in [2.45, 2.75) is 115 Å². The molecular formula is C43H60N2O2. The van der Waals surface area contributed by atoms with Crippen molar-refractivity contribution in [3.8, 4) is 12.1 Å². The van der Waals surface area contributed by atoms with Crippen molar-refractivity contribution in [3.63, 3.8) is 0 Å². The number of carbonyl (C=O) groups excluding carboxylic acids is 2. The molecule has 0 spiro atoms. The van der Waals surface area contributed by atoms with Crippen LogP contribution in [0.4, 0.5) is 0 Å². The largest absolute Gasteiger partial charge is 0.295 e. The molecule has 0 bridgehead atoms. The van der Waals surface area contributed by atoms with E-state index < -0.39 is 0 Å². The van der Waals surface area contributed by atoms with Gasteiger partial charge in [-0.15, -0.1) is 0 Å². The minimum Gasteiger partial charge on any atom is -0.295 e. The molecule has 0 radical (unpaired) electrons. The Morgan fingerprint density at radius 2 is 1.06 bits per heavy atom.